The monoisotopic (exact) mass is 389 g/mol. The lowest BCUT2D eigenvalue weighted by Crippen LogP contribution is -2.26. The summed E-state index contributed by atoms with van der Waals surface area (Å²) in [6.45, 7) is 5.80. The lowest BCUT2D eigenvalue weighted by Gasteiger charge is -2.16. The Morgan fingerprint density at radius 1 is 1.15 bits per heavy atom. The van der Waals surface area contributed by atoms with E-state index in [9.17, 15) is 13.2 Å². The van der Waals surface area contributed by atoms with Crippen molar-refractivity contribution >= 4 is 21.4 Å². The van der Waals surface area contributed by atoms with E-state index in [1.807, 2.05) is 39.0 Å². The number of nitrogens with one attached hydrogen (secondary N) is 2. The zero-order chi connectivity index (χ0) is 18.9. The highest BCUT2D eigenvalue weighted by Gasteiger charge is 2.21. The summed E-state index contributed by atoms with van der Waals surface area (Å²) in [4.78, 5) is 11.1. The number of hydrogen-bond acceptors (Lipinski definition) is 5. The van der Waals surface area contributed by atoms with Crippen molar-refractivity contribution in [1.29, 1.82) is 0 Å². The number of benzene rings is 1. The lowest BCUT2D eigenvalue weighted by molar-refractivity contribution is 0.568. The molecule has 2 N–H and O–H groups in total. The van der Waals surface area contributed by atoms with Gasteiger partial charge in [-0.1, -0.05) is 23.8 Å². The Bertz CT molecular complexity index is 1080. The van der Waals surface area contributed by atoms with E-state index in [1.54, 1.807) is 17.5 Å². The summed E-state index contributed by atoms with van der Waals surface area (Å²) >= 11 is 1.12. The van der Waals surface area contributed by atoms with Crippen LogP contribution in [0.2, 0.25) is 0 Å². The fraction of sp³-hybridized carbons (Fsp3) is 0.222. The fourth-order valence-corrected chi connectivity index (χ4v) is 5.18. The minimum Gasteiger partial charge on any atom is -0.268 e. The number of aromatic amines is 1. The van der Waals surface area contributed by atoms with E-state index in [2.05, 4.69) is 14.9 Å². The van der Waals surface area contributed by atoms with Gasteiger partial charge in [0.1, 0.15) is 4.21 Å². The summed E-state index contributed by atoms with van der Waals surface area (Å²) < 4.78 is 28.4. The molecule has 0 amide bonds. The van der Waals surface area contributed by atoms with Crippen LogP contribution in [-0.4, -0.2) is 18.6 Å². The Morgan fingerprint density at radius 2 is 1.92 bits per heavy atom. The molecule has 2 heterocycles. The zero-order valence-electron chi connectivity index (χ0n) is 14.6. The van der Waals surface area contributed by atoms with Gasteiger partial charge in [0.15, 0.2) is 0 Å². The summed E-state index contributed by atoms with van der Waals surface area (Å²) in [5, 5.41) is 7.98. The molecular formula is C18H19N3O3S2. The number of sulfonamides is 1. The van der Waals surface area contributed by atoms with Crippen LogP contribution in [0.1, 0.15) is 29.7 Å². The van der Waals surface area contributed by atoms with E-state index in [0.717, 1.165) is 28.0 Å². The van der Waals surface area contributed by atoms with Gasteiger partial charge in [-0.2, -0.15) is 5.10 Å². The van der Waals surface area contributed by atoms with Gasteiger partial charge >= 0.3 is 0 Å². The van der Waals surface area contributed by atoms with E-state index >= 15 is 0 Å². The van der Waals surface area contributed by atoms with Gasteiger partial charge in [0, 0.05) is 23.1 Å². The maximum absolute atomic E-state index is 12.7. The van der Waals surface area contributed by atoms with Crippen LogP contribution in [-0.2, 0) is 10.0 Å². The Labute approximate surface area is 156 Å². The molecule has 2 aromatic heterocycles. The first-order valence-corrected chi connectivity index (χ1v) is 10.4. The van der Waals surface area contributed by atoms with Gasteiger partial charge in [0.25, 0.3) is 15.6 Å². The van der Waals surface area contributed by atoms with E-state index in [4.69, 9.17) is 0 Å². The Balaban J connectivity index is 1.84. The Hall–Kier alpha value is -2.29. The van der Waals surface area contributed by atoms with Crippen molar-refractivity contribution in [3.8, 4) is 11.3 Å². The predicted molar refractivity (Wildman–Crippen MR) is 103 cm³/mol. The highest BCUT2D eigenvalue weighted by Crippen LogP contribution is 2.28. The number of H-pyrrole nitrogens is 1. The third-order valence-corrected chi connectivity index (χ3v) is 7.02. The van der Waals surface area contributed by atoms with Crippen LogP contribution in [0.4, 0.5) is 0 Å². The first-order chi connectivity index (χ1) is 12.3. The normalized spacial score (nSPS) is 12.9. The molecule has 26 heavy (non-hydrogen) atoms. The molecule has 0 bridgehead atoms. The second kappa shape index (κ2) is 7.14. The standard InChI is InChI=1S/C18H19N3O3S2/c1-11-4-5-15(12(2)8-11)13(3)21-26(23,24)18-9-14(10-25-18)16-6-7-17(22)20-19-16/h4-10,13,21H,1-3H3,(H,20,22)/t13-/m0/s1. The third kappa shape index (κ3) is 3.92. The molecule has 8 heteroatoms. The molecule has 3 aromatic rings. The molecule has 0 aliphatic carbocycles. The van der Waals surface area contributed by atoms with Gasteiger partial charge in [0.2, 0.25) is 0 Å². The number of rotatable bonds is 5. The summed E-state index contributed by atoms with van der Waals surface area (Å²) in [7, 11) is -3.66. The maximum Gasteiger partial charge on any atom is 0.264 e. The van der Waals surface area contributed by atoms with Crippen LogP contribution in [0.3, 0.4) is 0 Å². The van der Waals surface area contributed by atoms with Gasteiger partial charge in [-0.3, -0.25) is 4.79 Å². The largest absolute Gasteiger partial charge is 0.268 e. The molecule has 3 rings (SSSR count). The molecule has 0 unspecified atom stereocenters. The van der Waals surface area contributed by atoms with Crippen molar-refractivity contribution in [2.24, 2.45) is 0 Å². The topological polar surface area (TPSA) is 91.9 Å². The molecule has 0 aliphatic heterocycles. The number of aryl methyl sites for hydroxylation is 2. The molecular weight excluding hydrogens is 370 g/mol. The molecule has 0 spiro atoms. The lowest BCUT2D eigenvalue weighted by atomic mass is 10.0. The average Bonchev–Trinajstić information content (AvgIpc) is 3.06. The highest BCUT2D eigenvalue weighted by molar-refractivity contribution is 7.91. The number of aromatic nitrogens is 2. The fourth-order valence-electron chi connectivity index (χ4n) is 2.76. The maximum atomic E-state index is 12.7. The summed E-state index contributed by atoms with van der Waals surface area (Å²) in [6, 6.07) is 10.1. The minimum atomic E-state index is -3.66. The van der Waals surface area contributed by atoms with Crippen molar-refractivity contribution in [3.63, 3.8) is 0 Å². The van der Waals surface area contributed by atoms with Crippen LogP contribution in [0.25, 0.3) is 11.3 Å². The molecule has 0 saturated heterocycles. The van der Waals surface area contributed by atoms with Crippen LogP contribution in [0.5, 0.6) is 0 Å². The van der Waals surface area contributed by atoms with Crippen molar-refractivity contribution in [2.75, 3.05) is 0 Å². The van der Waals surface area contributed by atoms with Gasteiger partial charge in [0.05, 0.1) is 5.69 Å². The smallest absolute Gasteiger partial charge is 0.264 e. The first-order valence-electron chi connectivity index (χ1n) is 8.00. The van der Waals surface area contributed by atoms with Gasteiger partial charge in [-0.15, -0.1) is 11.3 Å². The number of nitrogens with zero attached hydrogens (tertiary/aromatic N) is 1. The molecule has 0 fully saturated rings. The molecule has 0 radical (unpaired) electrons. The van der Waals surface area contributed by atoms with E-state index < -0.39 is 10.0 Å². The van der Waals surface area contributed by atoms with Crippen molar-refractivity contribution in [3.05, 3.63) is 68.8 Å². The van der Waals surface area contributed by atoms with Crippen molar-refractivity contribution in [2.45, 2.75) is 31.0 Å². The van der Waals surface area contributed by atoms with E-state index in [0.29, 0.717) is 11.3 Å². The van der Waals surface area contributed by atoms with Gasteiger partial charge in [-0.25, -0.2) is 18.2 Å². The molecule has 136 valence electrons. The quantitative estimate of drug-likeness (QED) is 0.701. The van der Waals surface area contributed by atoms with Gasteiger partial charge < -0.3 is 0 Å². The predicted octanol–water partition coefficient (Wildman–Crippen LogP) is 3.15. The van der Waals surface area contributed by atoms with Crippen LogP contribution >= 0.6 is 11.3 Å². The SMILES string of the molecule is Cc1ccc([C@H](C)NS(=O)(=O)c2cc(-c3ccc(=O)[nH]n3)cs2)c(C)c1. The van der Waals surface area contributed by atoms with Crippen LogP contribution < -0.4 is 10.3 Å². The molecule has 1 aromatic carbocycles. The van der Waals surface area contributed by atoms with Crippen molar-refractivity contribution < 1.29 is 8.42 Å². The number of thiophene rings is 1. The second-order valence-corrected chi connectivity index (χ2v) is 9.02. The average molecular weight is 390 g/mol. The summed E-state index contributed by atoms with van der Waals surface area (Å²) in [5.74, 6) is 0. The number of hydrogen-bond donors (Lipinski definition) is 2. The molecule has 6 nitrogen and oxygen atoms in total. The molecule has 1 atom stereocenters. The summed E-state index contributed by atoms with van der Waals surface area (Å²) in [5.41, 5.74) is 3.98. The van der Waals surface area contributed by atoms with E-state index in [-0.39, 0.29) is 15.8 Å². The van der Waals surface area contributed by atoms with Crippen LogP contribution in [0, 0.1) is 13.8 Å². The second-order valence-electron chi connectivity index (χ2n) is 6.16. The van der Waals surface area contributed by atoms with Gasteiger partial charge in [-0.05, 0) is 44.0 Å². The van der Waals surface area contributed by atoms with Crippen molar-refractivity contribution in [1.82, 2.24) is 14.9 Å². The minimum absolute atomic E-state index is 0.206. The summed E-state index contributed by atoms with van der Waals surface area (Å²) in [6.07, 6.45) is 0. The zero-order valence-corrected chi connectivity index (χ0v) is 16.2. The van der Waals surface area contributed by atoms with E-state index in [1.165, 1.54) is 6.07 Å². The third-order valence-electron chi connectivity index (χ3n) is 4.04. The first kappa shape index (κ1) is 18.5. The highest BCUT2D eigenvalue weighted by atomic mass is 32.2. The molecule has 0 saturated carbocycles. The Kier molecular flexibility index (Phi) is 5.08. The Morgan fingerprint density at radius 3 is 2.58 bits per heavy atom. The van der Waals surface area contributed by atoms with Crippen LogP contribution in [0.15, 0.2) is 50.8 Å². The molecule has 0 aliphatic rings.